The smallest absolute Gasteiger partial charge is 0.265 e. The molecule has 0 aromatic carbocycles. The van der Waals surface area contributed by atoms with Crippen molar-refractivity contribution in [3.63, 3.8) is 0 Å². The molecule has 0 unspecified atom stereocenters. The number of aromatic amines is 2. The third kappa shape index (κ3) is 1.78. The van der Waals surface area contributed by atoms with Crippen LogP contribution in [0.4, 0.5) is 5.69 Å². The van der Waals surface area contributed by atoms with E-state index in [1.807, 2.05) is 0 Å². The van der Waals surface area contributed by atoms with Gasteiger partial charge in [0.05, 0.1) is 23.3 Å². The molecular weight excluding hydrogens is 230 g/mol. The quantitative estimate of drug-likeness (QED) is 0.730. The predicted molar refractivity (Wildman–Crippen MR) is 57.5 cm³/mol. The van der Waals surface area contributed by atoms with Crippen molar-refractivity contribution >= 4 is 15.7 Å². The lowest BCUT2D eigenvalue weighted by molar-refractivity contribution is 0.601. The normalized spacial score (nSPS) is 11.6. The van der Waals surface area contributed by atoms with E-state index < -0.39 is 10.0 Å². The van der Waals surface area contributed by atoms with Gasteiger partial charge in [0, 0.05) is 6.20 Å². The summed E-state index contributed by atoms with van der Waals surface area (Å²) in [7, 11) is -3.59. The number of aromatic nitrogens is 4. The molecule has 0 saturated heterocycles. The van der Waals surface area contributed by atoms with Gasteiger partial charge in [0.25, 0.3) is 10.0 Å². The van der Waals surface area contributed by atoms with Gasteiger partial charge in [-0.25, -0.2) is 8.42 Å². The first-order valence-corrected chi connectivity index (χ1v) is 6.02. The van der Waals surface area contributed by atoms with Gasteiger partial charge in [-0.3, -0.25) is 14.9 Å². The van der Waals surface area contributed by atoms with Crippen LogP contribution in [0.1, 0.15) is 11.4 Å². The summed E-state index contributed by atoms with van der Waals surface area (Å²) in [6, 6.07) is 0. The van der Waals surface area contributed by atoms with E-state index in [4.69, 9.17) is 0 Å². The molecule has 2 aromatic heterocycles. The molecule has 0 bridgehead atoms. The first-order chi connectivity index (χ1) is 7.50. The summed E-state index contributed by atoms with van der Waals surface area (Å²) < 4.78 is 26.2. The Kier molecular flexibility index (Phi) is 2.43. The number of hydrogen-bond donors (Lipinski definition) is 3. The van der Waals surface area contributed by atoms with E-state index in [2.05, 4.69) is 25.1 Å². The minimum atomic E-state index is -3.59. The molecule has 16 heavy (non-hydrogen) atoms. The standard InChI is InChI=1S/C8H11N5O2S/c1-5-8(6(2)12-11-5)13-16(14,15)7-3-9-10-4-7/h3-4,13H,1-2H3,(H,9,10)(H,11,12). The Morgan fingerprint density at radius 2 is 2.12 bits per heavy atom. The third-order valence-electron chi connectivity index (χ3n) is 2.15. The Hall–Kier alpha value is -1.83. The number of aryl methyl sites for hydroxylation is 2. The van der Waals surface area contributed by atoms with Crippen molar-refractivity contribution in [2.24, 2.45) is 0 Å². The van der Waals surface area contributed by atoms with E-state index in [-0.39, 0.29) is 4.90 Å². The molecule has 0 aliphatic carbocycles. The van der Waals surface area contributed by atoms with Crippen LogP contribution in [0, 0.1) is 13.8 Å². The van der Waals surface area contributed by atoms with Gasteiger partial charge in [-0.2, -0.15) is 10.2 Å². The van der Waals surface area contributed by atoms with Crippen LogP contribution in [0.3, 0.4) is 0 Å². The predicted octanol–water partition coefficient (Wildman–Crippen LogP) is 0.550. The van der Waals surface area contributed by atoms with E-state index >= 15 is 0 Å². The maximum atomic E-state index is 11.9. The first kappa shape index (κ1) is 10.7. The molecule has 0 aliphatic heterocycles. The number of H-pyrrole nitrogens is 2. The first-order valence-electron chi connectivity index (χ1n) is 4.54. The Morgan fingerprint density at radius 1 is 1.38 bits per heavy atom. The number of rotatable bonds is 3. The molecule has 0 amide bonds. The zero-order valence-electron chi connectivity index (χ0n) is 8.77. The Labute approximate surface area is 92.3 Å². The Bertz CT molecular complexity index is 564. The molecule has 0 atom stereocenters. The van der Waals surface area contributed by atoms with Crippen LogP contribution < -0.4 is 4.72 Å². The van der Waals surface area contributed by atoms with Crippen LogP contribution in [-0.2, 0) is 10.0 Å². The van der Waals surface area contributed by atoms with E-state index in [0.29, 0.717) is 17.1 Å². The molecule has 0 fully saturated rings. The lowest BCUT2D eigenvalue weighted by Crippen LogP contribution is -2.13. The molecule has 2 rings (SSSR count). The average Bonchev–Trinajstić information content (AvgIpc) is 2.83. The van der Waals surface area contributed by atoms with Gasteiger partial charge in [-0.05, 0) is 13.8 Å². The van der Waals surface area contributed by atoms with Gasteiger partial charge in [0.15, 0.2) is 0 Å². The second-order valence-electron chi connectivity index (χ2n) is 3.35. The van der Waals surface area contributed by atoms with Crippen molar-refractivity contribution in [2.45, 2.75) is 18.7 Å². The zero-order valence-corrected chi connectivity index (χ0v) is 9.59. The highest BCUT2D eigenvalue weighted by atomic mass is 32.2. The van der Waals surface area contributed by atoms with Crippen molar-refractivity contribution in [3.05, 3.63) is 23.8 Å². The Morgan fingerprint density at radius 3 is 2.62 bits per heavy atom. The molecule has 8 heteroatoms. The van der Waals surface area contributed by atoms with Crippen molar-refractivity contribution in [1.29, 1.82) is 0 Å². The minimum absolute atomic E-state index is 0.0903. The van der Waals surface area contributed by atoms with Crippen molar-refractivity contribution in [1.82, 2.24) is 20.4 Å². The van der Waals surface area contributed by atoms with Crippen molar-refractivity contribution in [3.8, 4) is 0 Å². The number of hydrogen-bond acceptors (Lipinski definition) is 4. The fourth-order valence-electron chi connectivity index (χ4n) is 1.28. The second kappa shape index (κ2) is 3.63. The molecule has 3 N–H and O–H groups in total. The van der Waals surface area contributed by atoms with Crippen LogP contribution in [0.25, 0.3) is 0 Å². The molecule has 7 nitrogen and oxygen atoms in total. The zero-order chi connectivity index (χ0) is 11.8. The van der Waals surface area contributed by atoms with Crippen LogP contribution in [0.5, 0.6) is 0 Å². The summed E-state index contributed by atoms with van der Waals surface area (Å²) in [6.07, 6.45) is 2.56. The summed E-state index contributed by atoms with van der Waals surface area (Å²) >= 11 is 0. The topological polar surface area (TPSA) is 104 Å². The summed E-state index contributed by atoms with van der Waals surface area (Å²) in [6.45, 7) is 3.46. The van der Waals surface area contributed by atoms with Crippen molar-refractivity contribution in [2.75, 3.05) is 4.72 Å². The van der Waals surface area contributed by atoms with E-state index in [1.54, 1.807) is 13.8 Å². The number of anilines is 1. The molecule has 86 valence electrons. The monoisotopic (exact) mass is 241 g/mol. The summed E-state index contributed by atoms with van der Waals surface area (Å²) in [5.41, 5.74) is 1.75. The molecule has 0 aliphatic rings. The largest absolute Gasteiger partial charge is 0.284 e. The molecule has 0 saturated carbocycles. The van der Waals surface area contributed by atoms with Crippen molar-refractivity contribution < 1.29 is 8.42 Å². The van der Waals surface area contributed by atoms with Gasteiger partial charge < -0.3 is 0 Å². The lowest BCUT2D eigenvalue weighted by atomic mass is 10.3. The highest BCUT2D eigenvalue weighted by Gasteiger charge is 2.18. The number of nitrogens with one attached hydrogen (secondary N) is 3. The van der Waals surface area contributed by atoms with Gasteiger partial charge in [-0.15, -0.1) is 0 Å². The number of sulfonamides is 1. The molecular formula is C8H11N5O2S. The van der Waals surface area contributed by atoms with E-state index in [0.717, 1.165) is 0 Å². The molecule has 2 heterocycles. The highest BCUT2D eigenvalue weighted by molar-refractivity contribution is 7.92. The average molecular weight is 241 g/mol. The minimum Gasteiger partial charge on any atom is -0.284 e. The van der Waals surface area contributed by atoms with Gasteiger partial charge in [-0.1, -0.05) is 0 Å². The maximum absolute atomic E-state index is 11.9. The maximum Gasteiger partial charge on any atom is 0.265 e. The SMILES string of the molecule is Cc1n[nH]c(C)c1NS(=O)(=O)c1cn[nH]c1. The van der Waals surface area contributed by atoms with E-state index in [1.165, 1.54) is 12.4 Å². The fraction of sp³-hybridized carbons (Fsp3) is 0.250. The van der Waals surface area contributed by atoms with Gasteiger partial charge >= 0.3 is 0 Å². The van der Waals surface area contributed by atoms with Crippen LogP contribution >= 0.6 is 0 Å². The summed E-state index contributed by atoms with van der Waals surface area (Å²) in [4.78, 5) is 0.0903. The lowest BCUT2D eigenvalue weighted by Gasteiger charge is -2.05. The van der Waals surface area contributed by atoms with Gasteiger partial charge in [0.2, 0.25) is 0 Å². The number of nitrogens with zero attached hydrogens (tertiary/aromatic N) is 2. The third-order valence-corrected chi connectivity index (χ3v) is 3.46. The van der Waals surface area contributed by atoms with Crippen LogP contribution in [-0.4, -0.2) is 28.8 Å². The van der Waals surface area contributed by atoms with E-state index in [9.17, 15) is 8.42 Å². The van der Waals surface area contributed by atoms with Gasteiger partial charge in [0.1, 0.15) is 4.90 Å². The second-order valence-corrected chi connectivity index (χ2v) is 5.03. The Balaban J connectivity index is 2.36. The van der Waals surface area contributed by atoms with Crippen LogP contribution in [0.15, 0.2) is 17.3 Å². The molecule has 2 aromatic rings. The molecule has 0 radical (unpaired) electrons. The molecule has 0 spiro atoms. The highest BCUT2D eigenvalue weighted by Crippen LogP contribution is 2.20. The van der Waals surface area contributed by atoms with Crippen LogP contribution in [0.2, 0.25) is 0 Å². The summed E-state index contributed by atoms with van der Waals surface area (Å²) in [5, 5.41) is 12.7. The summed E-state index contributed by atoms with van der Waals surface area (Å²) in [5.74, 6) is 0. The fourth-order valence-corrected chi connectivity index (χ4v) is 2.37.